The van der Waals surface area contributed by atoms with Crippen LogP contribution in [0.15, 0.2) is 41.3 Å². The number of carbonyl (C=O) groups is 1. The van der Waals surface area contributed by atoms with Crippen LogP contribution in [0.4, 0.5) is 17.1 Å². The average molecular weight is 493 g/mol. The van der Waals surface area contributed by atoms with Crippen molar-refractivity contribution < 1.29 is 23.1 Å². The van der Waals surface area contributed by atoms with Gasteiger partial charge in [-0.2, -0.15) is 4.31 Å². The second-order valence-electron chi connectivity index (χ2n) is 7.74. The number of anilines is 1. The summed E-state index contributed by atoms with van der Waals surface area (Å²) in [5, 5.41) is 24.9. The number of non-ortho nitro benzene ring substituents is 1. The second kappa shape index (κ2) is 11.7. The van der Waals surface area contributed by atoms with Gasteiger partial charge in [-0.05, 0) is 44.0 Å². The maximum atomic E-state index is 13.1. The molecule has 0 saturated heterocycles. The van der Waals surface area contributed by atoms with Gasteiger partial charge in [0.25, 0.3) is 17.3 Å². The summed E-state index contributed by atoms with van der Waals surface area (Å²) < 4.78 is 27.6. The van der Waals surface area contributed by atoms with Crippen LogP contribution < -0.4 is 5.32 Å². The van der Waals surface area contributed by atoms with Crippen LogP contribution in [0.25, 0.3) is 0 Å². The van der Waals surface area contributed by atoms with E-state index in [0.29, 0.717) is 13.1 Å². The zero-order valence-electron chi connectivity index (χ0n) is 19.3. The molecule has 1 amide bonds. The summed E-state index contributed by atoms with van der Waals surface area (Å²) in [7, 11) is -3.71. The first-order valence-corrected chi connectivity index (χ1v) is 12.3. The molecule has 11 nitrogen and oxygen atoms in total. The van der Waals surface area contributed by atoms with E-state index in [1.165, 1.54) is 35.5 Å². The Labute approximate surface area is 198 Å². The molecule has 2 rings (SSSR count). The Morgan fingerprint density at radius 3 is 2.00 bits per heavy atom. The Morgan fingerprint density at radius 1 is 0.971 bits per heavy atom. The third kappa shape index (κ3) is 6.35. The number of benzene rings is 2. The normalized spacial score (nSPS) is 11.4. The van der Waals surface area contributed by atoms with Gasteiger partial charge in [0.1, 0.15) is 0 Å². The van der Waals surface area contributed by atoms with Gasteiger partial charge in [-0.1, -0.05) is 26.7 Å². The van der Waals surface area contributed by atoms with E-state index in [4.69, 9.17) is 0 Å². The Balaban J connectivity index is 2.30. The standard InChI is InChI=1S/C22H28N4O7S/c1-4-6-12-24(13-7-5-2)34(32,33)19-10-8-17(9-11-19)23-22(27)20-14-18(25(28)29)15-21(16(20)3)26(30)31/h8-11,14-15H,4-7,12-13H2,1-3H3,(H,23,27). The first-order chi connectivity index (χ1) is 16.0. The topological polar surface area (TPSA) is 153 Å². The van der Waals surface area contributed by atoms with E-state index in [2.05, 4.69) is 5.32 Å². The molecule has 2 aromatic rings. The van der Waals surface area contributed by atoms with Gasteiger partial charge in [-0.25, -0.2) is 8.42 Å². The SMILES string of the molecule is CCCCN(CCCC)S(=O)(=O)c1ccc(NC(=O)c2cc([N+](=O)[O-])cc([N+](=O)[O-])c2C)cc1. The molecule has 0 radical (unpaired) electrons. The van der Waals surface area contributed by atoms with Gasteiger partial charge in [0.05, 0.1) is 26.4 Å². The highest BCUT2D eigenvalue weighted by Crippen LogP contribution is 2.29. The van der Waals surface area contributed by atoms with Crippen LogP contribution in [0.3, 0.4) is 0 Å². The Morgan fingerprint density at radius 2 is 1.53 bits per heavy atom. The molecular formula is C22H28N4O7S. The molecule has 0 spiro atoms. The fraction of sp³-hybridized carbons (Fsp3) is 0.409. The van der Waals surface area contributed by atoms with Gasteiger partial charge >= 0.3 is 0 Å². The first kappa shape index (κ1) is 26.9. The number of amides is 1. The summed E-state index contributed by atoms with van der Waals surface area (Å²) in [6, 6.07) is 7.33. The van der Waals surface area contributed by atoms with Crippen LogP contribution in [0.1, 0.15) is 55.5 Å². The van der Waals surface area contributed by atoms with Crippen molar-refractivity contribution in [3.63, 3.8) is 0 Å². The van der Waals surface area contributed by atoms with Crippen LogP contribution in [0.5, 0.6) is 0 Å². The number of unbranched alkanes of at least 4 members (excludes halogenated alkanes) is 2. The minimum Gasteiger partial charge on any atom is -0.322 e. The Kier molecular flexibility index (Phi) is 9.21. The molecule has 1 N–H and O–H groups in total. The predicted octanol–water partition coefficient (Wildman–Crippen LogP) is 4.65. The largest absolute Gasteiger partial charge is 0.322 e. The molecule has 0 aromatic heterocycles. The predicted molar refractivity (Wildman–Crippen MR) is 127 cm³/mol. The van der Waals surface area contributed by atoms with Crippen LogP contribution in [0, 0.1) is 27.2 Å². The number of nitro groups is 2. The highest BCUT2D eigenvalue weighted by atomic mass is 32.2. The molecule has 0 heterocycles. The van der Waals surface area contributed by atoms with Crippen molar-refractivity contribution in [2.24, 2.45) is 0 Å². The molecule has 0 atom stereocenters. The van der Waals surface area contributed by atoms with E-state index in [1.54, 1.807) is 0 Å². The maximum absolute atomic E-state index is 13.1. The van der Waals surface area contributed by atoms with Crippen molar-refractivity contribution in [2.45, 2.75) is 51.3 Å². The molecule has 0 saturated carbocycles. The highest BCUT2D eigenvalue weighted by molar-refractivity contribution is 7.89. The number of nitro benzene ring substituents is 2. The lowest BCUT2D eigenvalue weighted by molar-refractivity contribution is -0.394. The molecule has 0 fully saturated rings. The lowest BCUT2D eigenvalue weighted by Crippen LogP contribution is -2.33. The lowest BCUT2D eigenvalue weighted by atomic mass is 10.0. The van der Waals surface area contributed by atoms with Crippen molar-refractivity contribution in [1.82, 2.24) is 4.31 Å². The monoisotopic (exact) mass is 492 g/mol. The summed E-state index contributed by atoms with van der Waals surface area (Å²) in [5.41, 5.74) is -1.12. The van der Waals surface area contributed by atoms with Crippen LogP contribution in [-0.4, -0.2) is 41.6 Å². The van der Waals surface area contributed by atoms with Crippen molar-refractivity contribution >= 4 is 33.0 Å². The third-order valence-corrected chi connectivity index (χ3v) is 7.20. The molecule has 12 heteroatoms. The summed E-state index contributed by atoms with van der Waals surface area (Å²) in [6.07, 6.45) is 3.20. The summed E-state index contributed by atoms with van der Waals surface area (Å²) in [6.45, 7) is 6.14. The van der Waals surface area contributed by atoms with E-state index in [9.17, 15) is 33.4 Å². The molecule has 34 heavy (non-hydrogen) atoms. The lowest BCUT2D eigenvalue weighted by Gasteiger charge is -2.22. The number of nitrogens with one attached hydrogen (secondary N) is 1. The molecular weight excluding hydrogens is 464 g/mol. The number of sulfonamides is 1. The van der Waals surface area contributed by atoms with Gasteiger partial charge in [0.15, 0.2) is 0 Å². The molecule has 0 bridgehead atoms. The smallest absolute Gasteiger partial charge is 0.279 e. The number of carbonyl (C=O) groups excluding carboxylic acids is 1. The molecule has 2 aromatic carbocycles. The molecule has 0 aliphatic carbocycles. The molecule has 184 valence electrons. The van der Waals surface area contributed by atoms with E-state index in [1.807, 2.05) is 13.8 Å². The maximum Gasteiger partial charge on any atom is 0.279 e. The minimum absolute atomic E-state index is 0.0187. The quantitative estimate of drug-likeness (QED) is 0.334. The minimum atomic E-state index is -3.71. The van der Waals surface area contributed by atoms with Gasteiger partial charge in [-0.15, -0.1) is 0 Å². The van der Waals surface area contributed by atoms with Gasteiger partial charge in [0, 0.05) is 30.4 Å². The molecule has 0 unspecified atom stereocenters. The highest BCUT2D eigenvalue weighted by Gasteiger charge is 2.26. The summed E-state index contributed by atoms with van der Waals surface area (Å²) >= 11 is 0. The van der Waals surface area contributed by atoms with Crippen molar-refractivity contribution in [1.29, 1.82) is 0 Å². The van der Waals surface area contributed by atoms with Crippen LogP contribution >= 0.6 is 0 Å². The number of nitrogens with zero attached hydrogens (tertiary/aromatic N) is 3. The number of hydrogen-bond acceptors (Lipinski definition) is 7. The average Bonchev–Trinajstić information content (AvgIpc) is 2.79. The van der Waals surface area contributed by atoms with E-state index >= 15 is 0 Å². The van der Waals surface area contributed by atoms with Gasteiger partial charge < -0.3 is 5.32 Å². The fourth-order valence-corrected chi connectivity index (χ4v) is 4.81. The van der Waals surface area contributed by atoms with Crippen LogP contribution in [0.2, 0.25) is 0 Å². The molecule has 0 aliphatic heterocycles. The van der Waals surface area contributed by atoms with Crippen molar-refractivity contribution in [3.05, 3.63) is 67.8 Å². The van der Waals surface area contributed by atoms with E-state index < -0.39 is 37.2 Å². The second-order valence-corrected chi connectivity index (χ2v) is 9.68. The fourth-order valence-electron chi connectivity index (χ4n) is 3.29. The van der Waals surface area contributed by atoms with E-state index in [-0.39, 0.29) is 21.7 Å². The Bertz CT molecular complexity index is 1160. The Hall–Kier alpha value is -3.38. The van der Waals surface area contributed by atoms with Crippen molar-refractivity contribution in [3.8, 4) is 0 Å². The first-order valence-electron chi connectivity index (χ1n) is 10.9. The third-order valence-electron chi connectivity index (χ3n) is 5.29. The number of hydrogen-bond donors (Lipinski definition) is 1. The van der Waals surface area contributed by atoms with E-state index in [0.717, 1.165) is 37.8 Å². The van der Waals surface area contributed by atoms with Crippen molar-refractivity contribution in [2.75, 3.05) is 18.4 Å². The summed E-state index contributed by atoms with van der Waals surface area (Å²) in [4.78, 5) is 33.6. The van der Waals surface area contributed by atoms with Gasteiger partial charge in [-0.3, -0.25) is 25.0 Å². The zero-order valence-corrected chi connectivity index (χ0v) is 20.1. The van der Waals surface area contributed by atoms with Gasteiger partial charge in [0.2, 0.25) is 10.0 Å². The zero-order chi connectivity index (χ0) is 25.5. The van der Waals surface area contributed by atoms with Crippen LogP contribution in [-0.2, 0) is 10.0 Å². The molecule has 0 aliphatic rings. The number of rotatable bonds is 12. The summed E-state index contributed by atoms with van der Waals surface area (Å²) in [5.74, 6) is -0.785.